The summed E-state index contributed by atoms with van der Waals surface area (Å²) in [5, 5.41) is 1.13. The molecule has 0 N–H and O–H groups in total. The molecule has 16 heavy (non-hydrogen) atoms. The van der Waals surface area contributed by atoms with Crippen LogP contribution >= 0.6 is 27.3 Å². The summed E-state index contributed by atoms with van der Waals surface area (Å²) < 4.78 is 0. The molecule has 0 aliphatic rings. The summed E-state index contributed by atoms with van der Waals surface area (Å²) in [7, 11) is 0. The zero-order valence-corrected chi connectivity index (χ0v) is 11.8. The van der Waals surface area contributed by atoms with E-state index in [-0.39, 0.29) is 0 Å². The van der Waals surface area contributed by atoms with Gasteiger partial charge in [0.2, 0.25) is 0 Å². The van der Waals surface area contributed by atoms with Crippen LogP contribution in [0.5, 0.6) is 0 Å². The van der Waals surface area contributed by atoms with E-state index in [9.17, 15) is 0 Å². The minimum atomic E-state index is 0.375. The van der Waals surface area contributed by atoms with Crippen molar-refractivity contribution in [2.24, 2.45) is 0 Å². The Morgan fingerprint density at radius 1 is 1.31 bits per heavy atom. The molecule has 1 unspecified atom stereocenters. The summed E-state index contributed by atoms with van der Waals surface area (Å²) in [6, 6.07) is 8.53. The molecule has 84 valence electrons. The highest BCUT2D eigenvalue weighted by molar-refractivity contribution is 9.09. The zero-order valence-electron chi connectivity index (χ0n) is 9.40. The average Bonchev–Trinajstić information content (AvgIpc) is 2.68. The number of halogens is 1. The van der Waals surface area contributed by atoms with Crippen LogP contribution in [-0.4, -0.2) is 4.98 Å². The van der Waals surface area contributed by atoms with E-state index in [1.165, 1.54) is 16.0 Å². The molecule has 1 heterocycles. The predicted octanol–water partition coefficient (Wildman–Crippen LogP) is 4.44. The molecule has 0 amide bonds. The Bertz CT molecular complexity index is 478. The topological polar surface area (TPSA) is 12.9 Å². The Kier molecular flexibility index (Phi) is 3.77. The molecule has 0 aliphatic heterocycles. The molecule has 0 spiro atoms. The third-order valence-corrected chi connectivity index (χ3v) is 4.75. The largest absolute Gasteiger partial charge is 0.250 e. The molecule has 0 saturated carbocycles. The lowest BCUT2D eigenvalue weighted by Gasteiger charge is -2.09. The van der Waals surface area contributed by atoms with Crippen LogP contribution in [0.1, 0.15) is 25.8 Å². The first-order valence-corrected chi connectivity index (χ1v) is 7.01. The summed E-state index contributed by atoms with van der Waals surface area (Å²) in [6.45, 7) is 4.20. The van der Waals surface area contributed by atoms with E-state index in [0.29, 0.717) is 4.83 Å². The van der Waals surface area contributed by atoms with Crippen molar-refractivity contribution < 1.29 is 0 Å². The van der Waals surface area contributed by atoms with Gasteiger partial charge in [0.05, 0.1) is 9.83 Å². The summed E-state index contributed by atoms with van der Waals surface area (Å²) in [5.74, 6) is 0. The van der Waals surface area contributed by atoms with Crippen molar-refractivity contribution in [2.45, 2.75) is 25.1 Å². The fourth-order valence-corrected chi connectivity index (χ4v) is 3.17. The first kappa shape index (κ1) is 11.8. The van der Waals surface area contributed by atoms with Gasteiger partial charge in [-0.05, 0) is 31.4 Å². The molecular weight excluding hydrogens is 282 g/mol. The lowest BCUT2D eigenvalue weighted by molar-refractivity contribution is 0.953. The second-order valence-electron chi connectivity index (χ2n) is 3.88. The van der Waals surface area contributed by atoms with Crippen LogP contribution in [0.15, 0.2) is 30.5 Å². The van der Waals surface area contributed by atoms with Crippen molar-refractivity contribution in [1.29, 1.82) is 0 Å². The quantitative estimate of drug-likeness (QED) is 0.763. The van der Waals surface area contributed by atoms with Crippen molar-refractivity contribution in [3.8, 4) is 0 Å². The Labute approximate surface area is 109 Å². The van der Waals surface area contributed by atoms with Crippen LogP contribution in [-0.2, 0) is 6.42 Å². The summed E-state index contributed by atoms with van der Waals surface area (Å²) >= 11 is 5.50. The van der Waals surface area contributed by atoms with Gasteiger partial charge in [-0.1, -0.05) is 40.2 Å². The Morgan fingerprint density at radius 3 is 2.69 bits per heavy atom. The Morgan fingerprint density at radius 2 is 2.06 bits per heavy atom. The van der Waals surface area contributed by atoms with Gasteiger partial charge in [-0.25, -0.2) is 4.98 Å². The average molecular weight is 296 g/mol. The van der Waals surface area contributed by atoms with Crippen LogP contribution in [0, 0.1) is 13.8 Å². The number of hydrogen-bond donors (Lipinski definition) is 0. The Hall–Kier alpha value is -0.670. The van der Waals surface area contributed by atoms with Gasteiger partial charge < -0.3 is 0 Å². The molecule has 0 fully saturated rings. The van der Waals surface area contributed by atoms with Crippen molar-refractivity contribution in [1.82, 2.24) is 4.98 Å². The third-order valence-electron chi connectivity index (χ3n) is 2.61. The lowest BCUT2D eigenvalue weighted by Crippen LogP contribution is -1.95. The number of benzene rings is 1. The number of aryl methyl sites for hydroxylation is 2. The maximum absolute atomic E-state index is 4.29. The monoisotopic (exact) mass is 295 g/mol. The van der Waals surface area contributed by atoms with E-state index in [0.717, 1.165) is 11.4 Å². The maximum Gasteiger partial charge on any atom is 0.0897 e. The molecule has 1 aromatic heterocycles. The molecule has 1 aromatic carbocycles. The zero-order chi connectivity index (χ0) is 11.5. The van der Waals surface area contributed by atoms with Crippen LogP contribution in [0.4, 0.5) is 0 Å². The molecule has 0 bridgehead atoms. The summed E-state index contributed by atoms with van der Waals surface area (Å²) in [6.07, 6.45) is 2.99. The summed E-state index contributed by atoms with van der Waals surface area (Å²) in [5.41, 5.74) is 2.75. The molecule has 0 saturated heterocycles. The maximum atomic E-state index is 4.29. The molecule has 2 rings (SSSR count). The number of rotatable bonds is 3. The van der Waals surface area contributed by atoms with Crippen molar-refractivity contribution in [2.75, 3.05) is 0 Å². The highest BCUT2D eigenvalue weighted by Crippen LogP contribution is 2.31. The van der Waals surface area contributed by atoms with E-state index >= 15 is 0 Å². The first-order chi connectivity index (χ1) is 7.66. The van der Waals surface area contributed by atoms with Crippen LogP contribution in [0.2, 0.25) is 0 Å². The van der Waals surface area contributed by atoms with Crippen molar-refractivity contribution >= 4 is 27.3 Å². The standard InChI is InChI=1S/C13H14BrNS/c1-9-5-3-4-6-11(9)7-12(14)13-8-15-10(2)16-13/h3-6,8,12H,7H2,1-2H3. The SMILES string of the molecule is Cc1ncc(C(Br)Cc2ccccc2C)s1. The van der Waals surface area contributed by atoms with Crippen LogP contribution in [0.25, 0.3) is 0 Å². The van der Waals surface area contributed by atoms with Crippen LogP contribution in [0.3, 0.4) is 0 Å². The minimum absolute atomic E-state index is 0.375. The molecule has 0 radical (unpaired) electrons. The van der Waals surface area contributed by atoms with Gasteiger partial charge in [0.1, 0.15) is 0 Å². The van der Waals surface area contributed by atoms with Gasteiger partial charge in [0.15, 0.2) is 0 Å². The fraction of sp³-hybridized carbons (Fsp3) is 0.308. The van der Waals surface area contributed by atoms with Gasteiger partial charge in [-0.3, -0.25) is 0 Å². The minimum Gasteiger partial charge on any atom is -0.250 e. The highest BCUT2D eigenvalue weighted by Gasteiger charge is 2.12. The van der Waals surface area contributed by atoms with Gasteiger partial charge in [-0.2, -0.15) is 0 Å². The molecule has 1 nitrogen and oxygen atoms in total. The van der Waals surface area contributed by atoms with E-state index in [1.54, 1.807) is 11.3 Å². The molecular formula is C13H14BrNS. The first-order valence-electron chi connectivity index (χ1n) is 5.27. The second-order valence-corrected chi connectivity index (χ2v) is 6.25. The van der Waals surface area contributed by atoms with E-state index < -0.39 is 0 Å². The van der Waals surface area contributed by atoms with E-state index in [2.05, 4.69) is 52.1 Å². The number of alkyl halides is 1. The van der Waals surface area contributed by atoms with E-state index in [4.69, 9.17) is 0 Å². The number of aromatic nitrogens is 1. The molecule has 1 atom stereocenters. The molecule has 3 heteroatoms. The smallest absolute Gasteiger partial charge is 0.0897 e. The third kappa shape index (κ3) is 2.71. The van der Waals surface area contributed by atoms with Crippen molar-refractivity contribution in [3.63, 3.8) is 0 Å². The normalized spacial score (nSPS) is 12.7. The number of thiazole rings is 1. The summed E-state index contributed by atoms with van der Waals surface area (Å²) in [4.78, 5) is 5.97. The highest BCUT2D eigenvalue weighted by atomic mass is 79.9. The Balaban J connectivity index is 2.13. The number of nitrogens with zero attached hydrogens (tertiary/aromatic N) is 1. The number of hydrogen-bond acceptors (Lipinski definition) is 2. The van der Waals surface area contributed by atoms with Crippen molar-refractivity contribution in [3.05, 3.63) is 51.5 Å². The molecule has 2 aromatic rings. The van der Waals surface area contributed by atoms with Gasteiger partial charge in [0, 0.05) is 11.1 Å². The lowest BCUT2D eigenvalue weighted by atomic mass is 10.0. The predicted molar refractivity (Wildman–Crippen MR) is 73.4 cm³/mol. The molecule has 0 aliphatic carbocycles. The van der Waals surface area contributed by atoms with Crippen LogP contribution < -0.4 is 0 Å². The fourth-order valence-electron chi connectivity index (χ4n) is 1.66. The van der Waals surface area contributed by atoms with Gasteiger partial charge in [-0.15, -0.1) is 11.3 Å². The van der Waals surface area contributed by atoms with Gasteiger partial charge in [0.25, 0.3) is 0 Å². The van der Waals surface area contributed by atoms with E-state index in [1.807, 2.05) is 13.1 Å². The van der Waals surface area contributed by atoms with Gasteiger partial charge >= 0.3 is 0 Å². The second kappa shape index (κ2) is 5.11.